The number of fused-ring (bicyclic) bond motifs is 1. The first-order valence-corrected chi connectivity index (χ1v) is 4.21. The van der Waals surface area contributed by atoms with Crippen LogP contribution < -0.4 is 16.6 Å². The van der Waals surface area contributed by atoms with Crippen molar-refractivity contribution in [2.24, 2.45) is 10.8 Å². The van der Waals surface area contributed by atoms with Gasteiger partial charge in [-0.05, 0) is 12.8 Å². The van der Waals surface area contributed by atoms with Crippen LogP contribution in [0, 0.1) is 0 Å². The van der Waals surface area contributed by atoms with E-state index in [0.29, 0.717) is 12.1 Å². The molecule has 0 radical (unpaired) electrons. The highest BCUT2D eigenvalue weighted by Gasteiger charge is 2.30. The third kappa shape index (κ3) is 1.18. The zero-order chi connectivity index (χ0) is 7.68. The Labute approximate surface area is 66.2 Å². The van der Waals surface area contributed by atoms with Crippen molar-refractivity contribution in [3.05, 3.63) is 0 Å². The van der Waals surface area contributed by atoms with Gasteiger partial charge in [-0.3, -0.25) is 5.43 Å². The summed E-state index contributed by atoms with van der Waals surface area (Å²) in [7, 11) is 0. The van der Waals surface area contributed by atoms with Gasteiger partial charge in [-0.1, -0.05) is 12.8 Å². The van der Waals surface area contributed by atoms with E-state index in [2.05, 4.69) is 15.7 Å². The molecule has 0 bridgehead atoms. The van der Waals surface area contributed by atoms with Gasteiger partial charge in [0.05, 0.1) is 12.1 Å². The second-order valence-corrected chi connectivity index (χ2v) is 3.22. The Morgan fingerprint density at radius 3 is 3.00 bits per heavy atom. The molecule has 4 heteroatoms. The number of guanidine groups is 1. The lowest BCUT2D eigenvalue weighted by atomic mass is 9.92. The van der Waals surface area contributed by atoms with Gasteiger partial charge in [-0.15, -0.1) is 0 Å². The average Bonchev–Trinajstić information content (AvgIpc) is 2.46. The minimum absolute atomic E-state index is 0.481. The van der Waals surface area contributed by atoms with Crippen LogP contribution in [0.2, 0.25) is 0 Å². The molecular weight excluding hydrogens is 140 g/mol. The lowest BCUT2D eigenvalue weighted by Gasteiger charge is -2.22. The summed E-state index contributed by atoms with van der Waals surface area (Å²) in [6.45, 7) is 0. The second kappa shape index (κ2) is 2.70. The first-order valence-electron chi connectivity index (χ1n) is 4.21. The van der Waals surface area contributed by atoms with Crippen molar-refractivity contribution < 1.29 is 0 Å². The van der Waals surface area contributed by atoms with Gasteiger partial charge in [0.1, 0.15) is 0 Å². The molecule has 2 rings (SSSR count). The zero-order valence-electron chi connectivity index (χ0n) is 6.51. The van der Waals surface area contributed by atoms with E-state index in [0.717, 1.165) is 5.96 Å². The first kappa shape index (κ1) is 6.91. The number of rotatable bonds is 0. The van der Waals surface area contributed by atoms with Gasteiger partial charge in [0.15, 0.2) is 0 Å². The van der Waals surface area contributed by atoms with Crippen LogP contribution in [0.5, 0.6) is 0 Å². The Bertz CT molecular complexity index is 177. The number of nitrogens with two attached hydrogens (primary N) is 1. The van der Waals surface area contributed by atoms with Gasteiger partial charge >= 0.3 is 0 Å². The summed E-state index contributed by atoms with van der Waals surface area (Å²) < 4.78 is 0. The van der Waals surface area contributed by atoms with Crippen LogP contribution in [0.15, 0.2) is 4.99 Å². The fourth-order valence-electron chi connectivity index (χ4n) is 1.89. The maximum Gasteiger partial charge on any atom is 0.206 e. The number of hydrazine groups is 1. The van der Waals surface area contributed by atoms with Gasteiger partial charge in [0.25, 0.3) is 0 Å². The van der Waals surface area contributed by atoms with Gasteiger partial charge in [-0.25, -0.2) is 10.8 Å². The van der Waals surface area contributed by atoms with Crippen molar-refractivity contribution in [3.63, 3.8) is 0 Å². The number of hydrogen-bond acceptors (Lipinski definition) is 4. The topological polar surface area (TPSA) is 62.4 Å². The minimum Gasteiger partial charge on any atom is -0.350 e. The largest absolute Gasteiger partial charge is 0.350 e. The molecule has 0 spiro atoms. The Morgan fingerprint density at radius 2 is 2.27 bits per heavy atom. The van der Waals surface area contributed by atoms with Crippen LogP contribution in [-0.4, -0.2) is 18.0 Å². The van der Waals surface area contributed by atoms with E-state index in [-0.39, 0.29) is 0 Å². The van der Waals surface area contributed by atoms with Crippen LogP contribution in [0.4, 0.5) is 0 Å². The van der Waals surface area contributed by atoms with Crippen molar-refractivity contribution in [3.8, 4) is 0 Å². The molecule has 1 aliphatic carbocycles. The van der Waals surface area contributed by atoms with Crippen molar-refractivity contribution >= 4 is 5.96 Å². The standard InChI is InChI=1S/C7H14N4/c8-11-7-9-5-3-1-2-4-6(5)10-7/h5-6H,1-4,8H2,(H2,9,10,11)/t5-,6-/m0/s1. The molecule has 62 valence electrons. The Balaban J connectivity index is 2.02. The highest BCUT2D eigenvalue weighted by molar-refractivity contribution is 5.81. The van der Waals surface area contributed by atoms with Crippen molar-refractivity contribution in [2.45, 2.75) is 37.8 Å². The van der Waals surface area contributed by atoms with E-state index in [4.69, 9.17) is 5.84 Å². The monoisotopic (exact) mass is 154 g/mol. The maximum atomic E-state index is 5.24. The number of nitrogens with zero attached hydrogens (tertiary/aromatic N) is 1. The summed E-state index contributed by atoms with van der Waals surface area (Å²) in [5, 5.41) is 3.26. The summed E-state index contributed by atoms with van der Waals surface area (Å²) in [4.78, 5) is 4.40. The molecule has 2 atom stereocenters. The first-order chi connectivity index (χ1) is 5.40. The molecule has 0 amide bonds. The minimum atomic E-state index is 0.481. The van der Waals surface area contributed by atoms with Crippen LogP contribution >= 0.6 is 0 Å². The number of aliphatic imine (C=N–C) groups is 1. The summed E-state index contributed by atoms with van der Waals surface area (Å²) in [6.07, 6.45) is 5.08. The smallest absolute Gasteiger partial charge is 0.206 e. The zero-order valence-corrected chi connectivity index (χ0v) is 6.51. The molecule has 2 aliphatic rings. The molecule has 4 N–H and O–H groups in total. The summed E-state index contributed by atoms with van der Waals surface area (Å²) >= 11 is 0. The van der Waals surface area contributed by atoms with Gasteiger partial charge in [0.2, 0.25) is 5.96 Å². The molecule has 0 aromatic carbocycles. The fourth-order valence-corrected chi connectivity index (χ4v) is 1.89. The molecule has 1 fully saturated rings. The highest BCUT2D eigenvalue weighted by atomic mass is 15.4. The lowest BCUT2D eigenvalue weighted by Crippen LogP contribution is -2.44. The lowest BCUT2D eigenvalue weighted by molar-refractivity contribution is 0.384. The van der Waals surface area contributed by atoms with E-state index in [9.17, 15) is 0 Å². The Kier molecular flexibility index (Phi) is 1.69. The predicted molar refractivity (Wildman–Crippen MR) is 43.9 cm³/mol. The normalized spacial score (nSPS) is 35.5. The summed E-state index contributed by atoms with van der Waals surface area (Å²) in [5.74, 6) is 6.01. The fraction of sp³-hybridized carbons (Fsp3) is 0.857. The van der Waals surface area contributed by atoms with Gasteiger partial charge in [-0.2, -0.15) is 0 Å². The summed E-state index contributed by atoms with van der Waals surface area (Å²) in [6, 6.07) is 1.03. The number of hydrogen-bond donors (Lipinski definition) is 3. The van der Waals surface area contributed by atoms with E-state index in [1.807, 2.05) is 0 Å². The van der Waals surface area contributed by atoms with Crippen molar-refractivity contribution in [1.29, 1.82) is 0 Å². The molecule has 0 aromatic rings. The molecule has 0 saturated heterocycles. The quantitative estimate of drug-likeness (QED) is 0.332. The maximum absolute atomic E-state index is 5.24. The Morgan fingerprint density at radius 1 is 1.45 bits per heavy atom. The average molecular weight is 154 g/mol. The van der Waals surface area contributed by atoms with Crippen LogP contribution in [0.25, 0.3) is 0 Å². The Hall–Kier alpha value is -0.770. The molecule has 0 aromatic heterocycles. The van der Waals surface area contributed by atoms with Crippen LogP contribution in [0.3, 0.4) is 0 Å². The van der Waals surface area contributed by atoms with Crippen LogP contribution in [-0.2, 0) is 0 Å². The predicted octanol–water partition coefficient (Wildman–Crippen LogP) is -0.280. The third-order valence-electron chi connectivity index (χ3n) is 2.48. The third-order valence-corrected chi connectivity index (χ3v) is 2.48. The number of nitrogens with one attached hydrogen (secondary N) is 2. The van der Waals surface area contributed by atoms with E-state index in [1.165, 1.54) is 25.7 Å². The summed E-state index contributed by atoms with van der Waals surface area (Å²) in [5.41, 5.74) is 2.56. The van der Waals surface area contributed by atoms with Gasteiger partial charge < -0.3 is 5.32 Å². The second-order valence-electron chi connectivity index (χ2n) is 3.22. The SMILES string of the molecule is NNC1=N[C@H]2CCCC[C@@H]2N1. The molecular formula is C7H14N4. The van der Waals surface area contributed by atoms with Crippen molar-refractivity contribution in [2.75, 3.05) is 0 Å². The van der Waals surface area contributed by atoms with E-state index < -0.39 is 0 Å². The van der Waals surface area contributed by atoms with E-state index >= 15 is 0 Å². The molecule has 1 heterocycles. The molecule has 1 aliphatic heterocycles. The molecule has 11 heavy (non-hydrogen) atoms. The van der Waals surface area contributed by atoms with E-state index in [1.54, 1.807) is 0 Å². The van der Waals surface area contributed by atoms with Crippen molar-refractivity contribution in [1.82, 2.24) is 10.7 Å². The molecule has 4 nitrogen and oxygen atoms in total. The van der Waals surface area contributed by atoms with Gasteiger partial charge in [0, 0.05) is 0 Å². The van der Waals surface area contributed by atoms with Crippen LogP contribution in [0.1, 0.15) is 25.7 Å². The molecule has 1 saturated carbocycles. The molecule has 0 unspecified atom stereocenters. The highest BCUT2D eigenvalue weighted by Crippen LogP contribution is 2.23.